The summed E-state index contributed by atoms with van der Waals surface area (Å²) in [7, 11) is 0. The van der Waals surface area contributed by atoms with Gasteiger partial charge in [0.1, 0.15) is 5.82 Å². The highest BCUT2D eigenvalue weighted by atomic mass is 19.2. The molecule has 0 amide bonds. The van der Waals surface area contributed by atoms with Crippen LogP contribution in [0.1, 0.15) is 31.7 Å². The molecule has 1 aromatic rings. The number of hydrogen-bond donors (Lipinski definition) is 0. The van der Waals surface area contributed by atoms with Crippen LogP contribution in [0.2, 0.25) is 0 Å². The fourth-order valence-corrected chi connectivity index (χ4v) is 1.31. The molecule has 0 saturated heterocycles. The van der Waals surface area contributed by atoms with Crippen LogP contribution in [0, 0.1) is 17.5 Å². The summed E-state index contributed by atoms with van der Waals surface area (Å²) in [6.45, 7) is 2.55. The van der Waals surface area contributed by atoms with Gasteiger partial charge >= 0.3 is 0 Å². The van der Waals surface area contributed by atoms with Crippen LogP contribution in [0.4, 0.5) is 13.2 Å². The van der Waals surface area contributed by atoms with Crippen molar-refractivity contribution in [1.82, 2.24) is 0 Å². The van der Waals surface area contributed by atoms with Gasteiger partial charge in [0.25, 0.3) is 0 Å². The van der Waals surface area contributed by atoms with Crippen molar-refractivity contribution in [2.45, 2.75) is 32.8 Å². The molecule has 0 radical (unpaired) electrons. The standard InChI is InChI=1S/C12H15F3O/c1-2-3-4-5-16-8-9-6-11(14)12(15)7-10(9)13/h6-7H,2-5,8H2,1H3. The van der Waals surface area contributed by atoms with Crippen molar-refractivity contribution < 1.29 is 17.9 Å². The van der Waals surface area contributed by atoms with Crippen LogP contribution < -0.4 is 0 Å². The van der Waals surface area contributed by atoms with Crippen LogP contribution in [0.25, 0.3) is 0 Å². The van der Waals surface area contributed by atoms with Crippen molar-refractivity contribution in [3.8, 4) is 0 Å². The molecule has 0 aliphatic heterocycles. The number of rotatable bonds is 6. The molecule has 0 spiro atoms. The molecule has 0 heterocycles. The predicted octanol–water partition coefficient (Wildman–Crippen LogP) is 3.81. The Kier molecular flexibility index (Phi) is 5.32. The third-order valence-corrected chi connectivity index (χ3v) is 2.24. The maximum atomic E-state index is 13.1. The molecule has 0 aliphatic rings. The Hall–Kier alpha value is -1.03. The van der Waals surface area contributed by atoms with Crippen molar-refractivity contribution in [2.24, 2.45) is 0 Å². The van der Waals surface area contributed by atoms with Gasteiger partial charge in [-0.15, -0.1) is 0 Å². The van der Waals surface area contributed by atoms with Gasteiger partial charge in [0, 0.05) is 18.2 Å². The van der Waals surface area contributed by atoms with Crippen LogP contribution in [0.3, 0.4) is 0 Å². The number of halogens is 3. The van der Waals surface area contributed by atoms with Crippen LogP contribution in [0.5, 0.6) is 0 Å². The molecule has 0 N–H and O–H groups in total. The molecule has 1 rings (SSSR count). The van der Waals surface area contributed by atoms with Gasteiger partial charge in [0.15, 0.2) is 11.6 Å². The molecule has 16 heavy (non-hydrogen) atoms. The molecule has 0 bridgehead atoms. The van der Waals surface area contributed by atoms with Crippen molar-refractivity contribution in [1.29, 1.82) is 0 Å². The number of unbranched alkanes of at least 4 members (excludes halogenated alkanes) is 2. The van der Waals surface area contributed by atoms with E-state index in [1.807, 2.05) is 0 Å². The summed E-state index contributed by atoms with van der Waals surface area (Å²) in [6.07, 6.45) is 3.00. The molecule has 1 nitrogen and oxygen atoms in total. The Labute approximate surface area is 93.2 Å². The highest BCUT2D eigenvalue weighted by Gasteiger charge is 2.09. The Balaban J connectivity index is 2.45. The summed E-state index contributed by atoms with van der Waals surface area (Å²) in [5.74, 6) is -2.99. The number of hydrogen-bond acceptors (Lipinski definition) is 1. The summed E-state index contributed by atoms with van der Waals surface area (Å²) in [4.78, 5) is 0. The highest BCUT2D eigenvalue weighted by molar-refractivity contribution is 5.19. The lowest BCUT2D eigenvalue weighted by Gasteiger charge is -2.05. The molecular formula is C12H15F3O. The molecular weight excluding hydrogens is 217 g/mol. The van der Waals surface area contributed by atoms with E-state index in [0.29, 0.717) is 12.7 Å². The lowest BCUT2D eigenvalue weighted by molar-refractivity contribution is 0.114. The first kappa shape index (κ1) is 13.0. The lowest BCUT2D eigenvalue weighted by atomic mass is 10.2. The topological polar surface area (TPSA) is 9.23 Å². The van der Waals surface area contributed by atoms with Gasteiger partial charge in [0.2, 0.25) is 0 Å². The minimum atomic E-state index is -1.17. The molecule has 0 atom stereocenters. The van der Waals surface area contributed by atoms with Gasteiger partial charge in [-0.2, -0.15) is 0 Å². The van der Waals surface area contributed by atoms with E-state index in [0.717, 1.165) is 25.3 Å². The number of ether oxygens (including phenoxy) is 1. The van der Waals surface area contributed by atoms with Gasteiger partial charge in [-0.3, -0.25) is 0 Å². The molecule has 0 fully saturated rings. The molecule has 0 unspecified atom stereocenters. The zero-order valence-corrected chi connectivity index (χ0v) is 9.23. The lowest BCUT2D eigenvalue weighted by Crippen LogP contribution is -2.00. The second-order valence-electron chi connectivity index (χ2n) is 3.62. The van der Waals surface area contributed by atoms with Crippen molar-refractivity contribution in [3.05, 3.63) is 35.1 Å². The molecule has 4 heteroatoms. The van der Waals surface area contributed by atoms with Crippen LogP contribution in [-0.2, 0) is 11.3 Å². The second kappa shape index (κ2) is 6.53. The smallest absolute Gasteiger partial charge is 0.161 e. The predicted molar refractivity (Wildman–Crippen MR) is 55.5 cm³/mol. The van der Waals surface area contributed by atoms with Gasteiger partial charge < -0.3 is 4.74 Å². The van der Waals surface area contributed by atoms with Crippen LogP contribution >= 0.6 is 0 Å². The summed E-state index contributed by atoms with van der Waals surface area (Å²) in [6, 6.07) is 1.38. The van der Waals surface area contributed by atoms with E-state index in [2.05, 4.69) is 6.92 Å². The quantitative estimate of drug-likeness (QED) is 0.535. The highest BCUT2D eigenvalue weighted by Crippen LogP contribution is 2.14. The fraction of sp³-hybridized carbons (Fsp3) is 0.500. The average molecular weight is 232 g/mol. The first-order chi connectivity index (χ1) is 7.65. The van der Waals surface area contributed by atoms with E-state index in [1.54, 1.807) is 0 Å². The van der Waals surface area contributed by atoms with E-state index in [1.165, 1.54) is 0 Å². The zero-order chi connectivity index (χ0) is 12.0. The zero-order valence-electron chi connectivity index (χ0n) is 9.23. The van der Waals surface area contributed by atoms with E-state index in [-0.39, 0.29) is 12.2 Å². The van der Waals surface area contributed by atoms with Crippen LogP contribution in [-0.4, -0.2) is 6.61 Å². The SMILES string of the molecule is CCCCCOCc1cc(F)c(F)cc1F. The minimum absolute atomic E-state index is 0.0211. The Morgan fingerprint density at radius 3 is 2.38 bits per heavy atom. The normalized spacial score (nSPS) is 10.8. The third kappa shape index (κ3) is 3.85. The Bertz CT molecular complexity index is 339. The van der Waals surface area contributed by atoms with E-state index in [4.69, 9.17) is 4.74 Å². The van der Waals surface area contributed by atoms with Crippen molar-refractivity contribution >= 4 is 0 Å². The van der Waals surface area contributed by atoms with Gasteiger partial charge in [-0.05, 0) is 12.5 Å². The first-order valence-corrected chi connectivity index (χ1v) is 5.36. The van der Waals surface area contributed by atoms with Gasteiger partial charge in [-0.1, -0.05) is 19.8 Å². The van der Waals surface area contributed by atoms with Gasteiger partial charge in [0.05, 0.1) is 6.61 Å². The summed E-state index contributed by atoms with van der Waals surface area (Å²) >= 11 is 0. The molecule has 0 aliphatic carbocycles. The minimum Gasteiger partial charge on any atom is -0.377 e. The van der Waals surface area contributed by atoms with E-state index in [9.17, 15) is 13.2 Å². The van der Waals surface area contributed by atoms with Crippen molar-refractivity contribution in [2.75, 3.05) is 6.61 Å². The Morgan fingerprint density at radius 2 is 1.69 bits per heavy atom. The summed E-state index contributed by atoms with van der Waals surface area (Å²) in [5, 5.41) is 0. The second-order valence-corrected chi connectivity index (χ2v) is 3.62. The first-order valence-electron chi connectivity index (χ1n) is 5.36. The average Bonchev–Trinajstić information content (AvgIpc) is 2.25. The van der Waals surface area contributed by atoms with Crippen molar-refractivity contribution in [3.63, 3.8) is 0 Å². The van der Waals surface area contributed by atoms with E-state index < -0.39 is 17.5 Å². The number of benzene rings is 1. The van der Waals surface area contributed by atoms with E-state index >= 15 is 0 Å². The molecule has 90 valence electrons. The molecule has 0 saturated carbocycles. The summed E-state index contributed by atoms with van der Waals surface area (Å²) < 4.78 is 43.7. The largest absolute Gasteiger partial charge is 0.377 e. The maximum absolute atomic E-state index is 13.1. The summed E-state index contributed by atoms with van der Waals surface area (Å²) in [5.41, 5.74) is 0.0513. The molecule has 1 aromatic carbocycles. The van der Waals surface area contributed by atoms with Crippen LogP contribution in [0.15, 0.2) is 12.1 Å². The third-order valence-electron chi connectivity index (χ3n) is 2.24. The molecule has 0 aromatic heterocycles. The Morgan fingerprint density at radius 1 is 1.00 bits per heavy atom. The fourth-order valence-electron chi connectivity index (χ4n) is 1.31. The maximum Gasteiger partial charge on any atom is 0.161 e. The monoisotopic (exact) mass is 232 g/mol. The van der Waals surface area contributed by atoms with Gasteiger partial charge in [-0.25, -0.2) is 13.2 Å².